The fourth-order valence-corrected chi connectivity index (χ4v) is 2.40. The number of hydrogen-bond donors (Lipinski definition) is 2. The zero-order valence-electron chi connectivity index (χ0n) is 14.4. The summed E-state index contributed by atoms with van der Waals surface area (Å²) in [5, 5.41) is 5.28. The fourth-order valence-electron chi connectivity index (χ4n) is 2.40. The molecule has 0 aliphatic heterocycles. The second-order valence-corrected chi connectivity index (χ2v) is 5.58. The van der Waals surface area contributed by atoms with Gasteiger partial charge in [0.1, 0.15) is 11.6 Å². The molecule has 2 amide bonds. The number of carbonyl (C=O) groups excluding carboxylic acids is 2. The first-order valence-electron chi connectivity index (χ1n) is 8.03. The van der Waals surface area contributed by atoms with Crippen LogP contribution in [0.3, 0.4) is 0 Å². The second-order valence-electron chi connectivity index (χ2n) is 5.58. The highest BCUT2D eigenvalue weighted by atomic mass is 19.1. The first-order valence-corrected chi connectivity index (χ1v) is 8.03. The molecule has 1 aromatic heterocycles. The first-order chi connectivity index (χ1) is 13.1. The highest BCUT2D eigenvalue weighted by molar-refractivity contribution is 6.08. The normalized spacial score (nSPS) is 10.1. The number of pyridine rings is 1. The molecular weight excluding hydrogens is 349 g/mol. The van der Waals surface area contributed by atoms with Crippen molar-refractivity contribution < 1.29 is 18.7 Å². The van der Waals surface area contributed by atoms with Crippen molar-refractivity contribution >= 4 is 23.2 Å². The largest absolute Gasteiger partial charge is 0.495 e. The van der Waals surface area contributed by atoms with Crippen LogP contribution in [-0.2, 0) is 0 Å². The Balaban J connectivity index is 1.76. The van der Waals surface area contributed by atoms with Gasteiger partial charge in [-0.1, -0.05) is 18.2 Å². The molecule has 1 heterocycles. The van der Waals surface area contributed by atoms with Crippen LogP contribution in [-0.4, -0.2) is 23.9 Å². The van der Waals surface area contributed by atoms with Crippen molar-refractivity contribution in [1.82, 2.24) is 4.98 Å². The summed E-state index contributed by atoms with van der Waals surface area (Å²) in [5.41, 5.74) is 1.18. The number of hydrogen-bond acceptors (Lipinski definition) is 4. The van der Waals surface area contributed by atoms with Gasteiger partial charge in [-0.05, 0) is 36.4 Å². The lowest BCUT2D eigenvalue weighted by atomic mass is 10.1. The molecule has 0 aliphatic carbocycles. The average Bonchev–Trinajstić information content (AvgIpc) is 2.68. The van der Waals surface area contributed by atoms with E-state index >= 15 is 0 Å². The third-order valence-electron chi connectivity index (χ3n) is 3.70. The van der Waals surface area contributed by atoms with Crippen molar-refractivity contribution in [2.75, 3.05) is 17.7 Å². The minimum Gasteiger partial charge on any atom is -0.495 e. The molecule has 3 rings (SSSR count). The number of benzene rings is 2. The van der Waals surface area contributed by atoms with Gasteiger partial charge in [0.15, 0.2) is 0 Å². The summed E-state index contributed by atoms with van der Waals surface area (Å²) in [6.07, 6.45) is 2.68. The molecule has 0 saturated heterocycles. The SMILES string of the molecule is COc1ccccc1NC(=O)c1cncc(C(=O)Nc2cccc(F)c2)c1. The van der Waals surface area contributed by atoms with Gasteiger partial charge >= 0.3 is 0 Å². The van der Waals surface area contributed by atoms with Gasteiger partial charge < -0.3 is 15.4 Å². The van der Waals surface area contributed by atoms with Gasteiger partial charge in [-0.3, -0.25) is 14.6 Å². The average molecular weight is 365 g/mol. The molecule has 0 saturated carbocycles. The van der Waals surface area contributed by atoms with Gasteiger partial charge in [-0.15, -0.1) is 0 Å². The summed E-state index contributed by atoms with van der Waals surface area (Å²) in [6, 6.07) is 13.9. The number of ether oxygens (including phenoxy) is 1. The number of nitrogens with one attached hydrogen (secondary N) is 2. The topological polar surface area (TPSA) is 80.3 Å². The number of amides is 2. The molecule has 0 atom stereocenters. The Hall–Kier alpha value is -3.74. The monoisotopic (exact) mass is 365 g/mol. The van der Waals surface area contributed by atoms with Crippen molar-refractivity contribution in [1.29, 1.82) is 0 Å². The number of rotatable bonds is 5. The Bertz CT molecular complexity index is 991. The Morgan fingerprint density at radius 2 is 1.63 bits per heavy atom. The summed E-state index contributed by atoms with van der Waals surface area (Å²) in [4.78, 5) is 28.7. The first kappa shape index (κ1) is 18.1. The van der Waals surface area contributed by atoms with Crippen LogP contribution in [0.25, 0.3) is 0 Å². The van der Waals surface area contributed by atoms with Crippen molar-refractivity contribution in [3.05, 3.63) is 83.9 Å². The molecule has 0 unspecified atom stereocenters. The molecule has 6 nitrogen and oxygen atoms in total. The maximum absolute atomic E-state index is 13.2. The summed E-state index contributed by atoms with van der Waals surface area (Å²) in [6.45, 7) is 0. The van der Waals surface area contributed by atoms with E-state index < -0.39 is 17.6 Å². The molecular formula is C20H16FN3O3. The summed E-state index contributed by atoms with van der Waals surface area (Å²) >= 11 is 0. The van der Waals surface area contributed by atoms with E-state index in [0.29, 0.717) is 17.1 Å². The molecule has 2 aromatic carbocycles. The third kappa shape index (κ3) is 4.46. The van der Waals surface area contributed by atoms with Crippen LogP contribution in [0, 0.1) is 5.82 Å². The van der Waals surface area contributed by atoms with Crippen LogP contribution >= 0.6 is 0 Å². The van der Waals surface area contributed by atoms with Crippen molar-refractivity contribution in [3.8, 4) is 5.75 Å². The van der Waals surface area contributed by atoms with Gasteiger partial charge in [0.25, 0.3) is 11.8 Å². The van der Waals surface area contributed by atoms with E-state index in [2.05, 4.69) is 15.6 Å². The summed E-state index contributed by atoms with van der Waals surface area (Å²) < 4.78 is 18.4. The van der Waals surface area contributed by atoms with Crippen LogP contribution in [0.1, 0.15) is 20.7 Å². The summed E-state index contributed by atoms with van der Waals surface area (Å²) in [5.74, 6) is -0.887. The number of carbonyl (C=O) groups is 2. The predicted octanol–water partition coefficient (Wildman–Crippen LogP) is 3.73. The molecule has 0 fully saturated rings. The number of aromatic nitrogens is 1. The van der Waals surface area contributed by atoms with Crippen molar-refractivity contribution in [3.63, 3.8) is 0 Å². The quantitative estimate of drug-likeness (QED) is 0.722. The van der Waals surface area contributed by atoms with E-state index in [4.69, 9.17) is 4.74 Å². The number of halogens is 1. The second kappa shape index (κ2) is 8.09. The summed E-state index contributed by atoms with van der Waals surface area (Å²) in [7, 11) is 1.50. The van der Waals surface area contributed by atoms with E-state index in [1.165, 1.54) is 43.8 Å². The van der Waals surface area contributed by atoms with Gasteiger partial charge in [0, 0.05) is 18.1 Å². The van der Waals surface area contributed by atoms with Crippen LogP contribution in [0.2, 0.25) is 0 Å². The van der Waals surface area contributed by atoms with E-state index in [0.717, 1.165) is 0 Å². The molecule has 0 aliphatic rings. The lowest BCUT2D eigenvalue weighted by Crippen LogP contribution is -2.16. The minimum absolute atomic E-state index is 0.173. The number of methoxy groups -OCH3 is 1. The lowest BCUT2D eigenvalue weighted by molar-refractivity contribution is 0.102. The number of para-hydroxylation sites is 2. The van der Waals surface area contributed by atoms with Gasteiger partial charge in [0.2, 0.25) is 0 Å². The van der Waals surface area contributed by atoms with Crippen molar-refractivity contribution in [2.24, 2.45) is 0 Å². The Morgan fingerprint density at radius 1 is 0.926 bits per heavy atom. The van der Waals surface area contributed by atoms with E-state index in [9.17, 15) is 14.0 Å². The van der Waals surface area contributed by atoms with Gasteiger partial charge in [0.05, 0.1) is 23.9 Å². The molecule has 0 radical (unpaired) electrons. The number of anilines is 2. The highest BCUT2D eigenvalue weighted by Gasteiger charge is 2.13. The number of nitrogens with zero attached hydrogens (tertiary/aromatic N) is 1. The fraction of sp³-hybridized carbons (Fsp3) is 0.0500. The zero-order chi connectivity index (χ0) is 19.2. The smallest absolute Gasteiger partial charge is 0.257 e. The van der Waals surface area contributed by atoms with Gasteiger partial charge in [-0.2, -0.15) is 0 Å². The van der Waals surface area contributed by atoms with Crippen molar-refractivity contribution in [2.45, 2.75) is 0 Å². The standard InChI is InChI=1S/C20H16FN3O3/c1-27-18-8-3-2-7-17(18)24-20(26)14-9-13(11-22-12-14)19(25)23-16-6-4-5-15(21)10-16/h2-12H,1H3,(H,23,25)(H,24,26). The zero-order valence-corrected chi connectivity index (χ0v) is 14.4. The van der Waals surface area contributed by atoms with E-state index in [1.54, 1.807) is 30.3 Å². The van der Waals surface area contributed by atoms with Gasteiger partial charge in [-0.25, -0.2) is 4.39 Å². The molecule has 0 spiro atoms. The Labute approximate surface area is 155 Å². The lowest BCUT2D eigenvalue weighted by Gasteiger charge is -2.10. The third-order valence-corrected chi connectivity index (χ3v) is 3.70. The molecule has 0 bridgehead atoms. The van der Waals surface area contributed by atoms with Crippen LogP contribution < -0.4 is 15.4 Å². The predicted molar refractivity (Wildman–Crippen MR) is 99.5 cm³/mol. The molecule has 2 N–H and O–H groups in total. The maximum atomic E-state index is 13.2. The molecule has 136 valence electrons. The maximum Gasteiger partial charge on any atom is 0.257 e. The van der Waals surface area contributed by atoms with E-state index in [-0.39, 0.29) is 11.1 Å². The van der Waals surface area contributed by atoms with Crippen LogP contribution in [0.5, 0.6) is 5.75 Å². The Kier molecular flexibility index (Phi) is 5.41. The van der Waals surface area contributed by atoms with Crippen LogP contribution in [0.4, 0.5) is 15.8 Å². The molecule has 3 aromatic rings. The van der Waals surface area contributed by atoms with E-state index in [1.807, 2.05) is 0 Å². The molecule has 27 heavy (non-hydrogen) atoms. The Morgan fingerprint density at radius 3 is 2.33 bits per heavy atom. The van der Waals surface area contributed by atoms with Crippen LogP contribution in [0.15, 0.2) is 67.0 Å². The minimum atomic E-state index is -0.500. The highest BCUT2D eigenvalue weighted by Crippen LogP contribution is 2.23. The molecule has 7 heteroatoms.